The highest BCUT2D eigenvalue weighted by molar-refractivity contribution is 9.11. The van der Waals surface area contributed by atoms with Crippen LogP contribution in [0.15, 0.2) is 33.4 Å². The monoisotopic (exact) mass is 312 g/mol. The molecule has 0 atom stereocenters. The van der Waals surface area contributed by atoms with Crippen molar-refractivity contribution in [3.05, 3.63) is 39.0 Å². The number of methoxy groups -OCH3 is 1. The normalized spacial score (nSPS) is 10.2. The number of aromatic carboxylic acids is 1. The second-order valence-corrected chi connectivity index (χ2v) is 5.53. The molecular formula is C12H9BrO3S. The minimum atomic E-state index is -0.927. The molecule has 1 N–H and O–H groups in total. The van der Waals surface area contributed by atoms with Crippen LogP contribution < -0.4 is 4.74 Å². The van der Waals surface area contributed by atoms with Crippen molar-refractivity contribution in [2.75, 3.05) is 7.11 Å². The first-order valence-electron chi connectivity index (χ1n) is 4.78. The van der Waals surface area contributed by atoms with Crippen LogP contribution in [-0.4, -0.2) is 18.2 Å². The van der Waals surface area contributed by atoms with E-state index in [1.165, 1.54) is 11.3 Å². The second kappa shape index (κ2) is 4.89. The fraction of sp³-hybridized carbons (Fsp3) is 0.0833. The summed E-state index contributed by atoms with van der Waals surface area (Å²) in [6.07, 6.45) is 0. The summed E-state index contributed by atoms with van der Waals surface area (Å²) < 4.78 is 5.70. The Kier molecular flexibility index (Phi) is 3.49. The van der Waals surface area contributed by atoms with Gasteiger partial charge in [0.1, 0.15) is 5.75 Å². The SMILES string of the molecule is COc1ccc(-c2csc(Br)c2C(=O)O)cc1. The molecule has 1 aromatic carbocycles. The Labute approximate surface area is 111 Å². The van der Waals surface area contributed by atoms with E-state index in [0.717, 1.165) is 16.9 Å². The zero-order valence-corrected chi connectivity index (χ0v) is 11.3. The highest BCUT2D eigenvalue weighted by Crippen LogP contribution is 2.35. The van der Waals surface area contributed by atoms with Crippen LogP contribution in [0.2, 0.25) is 0 Å². The van der Waals surface area contributed by atoms with Crippen molar-refractivity contribution in [2.45, 2.75) is 0 Å². The number of benzene rings is 1. The Balaban J connectivity index is 2.49. The smallest absolute Gasteiger partial charge is 0.338 e. The molecule has 0 spiro atoms. The van der Waals surface area contributed by atoms with E-state index in [9.17, 15) is 4.79 Å². The molecule has 2 aromatic rings. The van der Waals surface area contributed by atoms with E-state index in [1.807, 2.05) is 29.6 Å². The lowest BCUT2D eigenvalue weighted by Gasteiger charge is -2.03. The average molecular weight is 313 g/mol. The van der Waals surface area contributed by atoms with Gasteiger partial charge in [0, 0.05) is 10.9 Å². The summed E-state index contributed by atoms with van der Waals surface area (Å²) in [6.45, 7) is 0. The molecular weight excluding hydrogens is 304 g/mol. The molecule has 0 bridgehead atoms. The van der Waals surface area contributed by atoms with Crippen molar-refractivity contribution in [1.82, 2.24) is 0 Å². The maximum Gasteiger partial charge on any atom is 0.338 e. The van der Waals surface area contributed by atoms with E-state index >= 15 is 0 Å². The van der Waals surface area contributed by atoms with E-state index in [4.69, 9.17) is 9.84 Å². The maximum atomic E-state index is 11.2. The Bertz CT molecular complexity index is 545. The summed E-state index contributed by atoms with van der Waals surface area (Å²) in [5.74, 6) is -0.177. The predicted molar refractivity (Wildman–Crippen MR) is 71.0 cm³/mol. The molecule has 3 nitrogen and oxygen atoms in total. The number of carboxylic acids is 1. The van der Waals surface area contributed by atoms with Crippen molar-refractivity contribution in [3.8, 4) is 16.9 Å². The summed E-state index contributed by atoms with van der Waals surface area (Å²) in [4.78, 5) is 11.2. The van der Waals surface area contributed by atoms with Gasteiger partial charge in [0.15, 0.2) is 0 Å². The zero-order chi connectivity index (χ0) is 12.4. The number of hydrogen-bond acceptors (Lipinski definition) is 3. The number of rotatable bonds is 3. The van der Waals surface area contributed by atoms with Crippen LogP contribution >= 0.6 is 27.3 Å². The predicted octanol–water partition coefficient (Wildman–Crippen LogP) is 3.88. The molecule has 2 rings (SSSR count). The minimum absolute atomic E-state index is 0.306. The Morgan fingerprint density at radius 1 is 1.35 bits per heavy atom. The second-order valence-electron chi connectivity index (χ2n) is 3.33. The first kappa shape index (κ1) is 12.1. The van der Waals surface area contributed by atoms with E-state index in [0.29, 0.717) is 9.35 Å². The molecule has 0 aliphatic rings. The topological polar surface area (TPSA) is 46.5 Å². The van der Waals surface area contributed by atoms with Crippen LogP contribution in [0.1, 0.15) is 10.4 Å². The van der Waals surface area contributed by atoms with Gasteiger partial charge in [0.25, 0.3) is 0 Å². The van der Waals surface area contributed by atoms with Gasteiger partial charge in [-0.15, -0.1) is 11.3 Å². The van der Waals surface area contributed by atoms with Crippen LogP contribution in [0.5, 0.6) is 5.75 Å². The molecule has 0 amide bonds. The maximum absolute atomic E-state index is 11.2. The molecule has 17 heavy (non-hydrogen) atoms. The molecule has 88 valence electrons. The van der Waals surface area contributed by atoms with Crippen LogP contribution in [0, 0.1) is 0 Å². The molecule has 1 heterocycles. The fourth-order valence-corrected chi connectivity index (χ4v) is 2.97. The van der Waals surface area contributed by atoms with Crippen molar-refractivity contribution in [2.24, 2.45) is 0 Å². The largest absolute Gasteiger partial charge is 0.497 e. The molecule has 5 heteroatoms. The molecule has 0 aliphatic heterocycles. The van der Waals surface area contributed by atoms with E-state index in [-0.39, 0.29) is 0 Å². The third kappa shape index (κ3) is 2.35. The number of carboxylic acid groups (broad SMARTS) is 1. The Hall–Kier alpha value is -1.33. The Morgan fingerprint density at radius 2 is 2.00 bits per heavy atom. The molecule has 1 aromatic heterocycles. The van der Waals surface area contributed by atoms with Gasteiger partial charge in [0.05, 0.1) is 16.5 Å². The van der Waals surface area contributed by atoms with Gasteiger partial charge < -0.3 is 9.84 Å². The zero-order valence-electron chi connectivity index (χ0n) is 8.94. The summed E-state index contributed by atoms with van der Waals surface area (Å²) in [5, 5.41) is 11.0. The van der Waals surface area contributed by atoms with Crippen molar-refractivity contribution < 1.29 is 14.6 Å². The van der Waals surface area contributed by atoms with Crippen molar-refractivity contribution in [3.63, 3.8) is 0 Å². The molecule has 0 saturated carbocycles. The first-order valence-corrected chi connectivity index (χ1v) is 6.45. The number of hydrogen-bond donors (Lipinski definition) is 1. The summed E-state index contributed by atoms with van der Waals surface area (Å²) in [7, 11) is 1.60. The van der Waals surface area contributed by atoms with Gasteiger partial charge in [-0.1, -0.05) is 12.1 Å². The van der Waals surface area contributed by atoms with Gasteiger partial charge in [-0.25, -0.2) is 4.79 Å². The summed E-state index contributed by atoms with van der Waals surface area (Å²) >= 11 is 4.62. The van der Waals surface area contributed by atoms with E-state index in [1.54, 1.807) is 7.11 Å². The molecule has 0 unspecified atom stereocenters. The highest BCUT2D eigenvalue weighted by Gasteiger charge is 2.17. The van der Waals surface area contributed by atoms with Gasteiger partial charge in [0.2, 0.25) is 0 Å². The van der Waals surface area contributed by atoms with Gasteiger partial charge >= 0.3 is 5.97 Å². The lowest BCUT2D eigenvalue weighted by molar-refractivity contribution is 0.0697. The lowest BCUT2D eigenvalue weighted by Crippen LogP contribution is -1.97. The Morgan fingerprint density at radius 3 is 2.53 bits per heavy atom. The number of ether oxygens (including phenoxy) is 1. The molecule has 0 fully saturated rings. The van der Waals surface area contributed by atoms with Crippen molar-refractivity contribution in [1.29, 1.82) is 0 Å². The molecule has 0 aliphatic carbocycles. The lowest BCUT2D eigenvalue weighted by atomic mass is 10.0. The number of halogens is 1. The van der Waals surface area contributed by atoms with Gasteiger partial charge in [-0.05, 0) is 33.6 Å². The fourth-order valence-electron chi connectivity index (χ4n) is 1.52. The third-order valence-electron chi connectivity index (χ3n) is 2.36. The minimum Gasteiger partial charge on any atom is -0.497 e. The quantitative estimate of drug-likeness (QED) is 0.935. The first-order chi connectivity index (χ1) is 8.13. The van der Waals surface area contributed by atoms with Crippen LogP contribution in [-0.2, 0) is 0 Å². The third-order valence-corrected chi connectivity index (χ3v) is 4.08. The highest BCUT2D eigenvalue weighted by atomic mass is 79.9. The molecule has 0 saturated heterocycles. The van der Waals surface area contributed by atoms with Gasteiger partial charge in [-0.3, -0.25) is 0 Å². The standard InChI is InChI=1S/C12H9BrO3S/c1-16-8-4-2-7(3-5-8)9-6-17-11(13)10(9)12(14)15/h2-6H,1H3,(H,14,15). The summed E-state index contributed by atoms with van der Waals surface area (Å²) in [6, 6.07) is 7.32. The number of carbonyl (C=O) groups is 1. The van der Waals surface area contributed by atoms with E-state index in [2.05, 4.69) is 15.9 Å². The van der Waals surface area contributed by atoms with Crippen molar-refractivity contribution >= 4 is 33.2 Å². The average Bonchev–Trinajstić information content (AvgIpc) is 2.71. The van der Waals surface area contributed by atoms with Gasteiger partial charge in [-0.2, -0.15) is 0 Å². The van der Waals surface area contributed by atoms with Crippen LogP contribution in [0.25, 0.3) is 11.1 Å². The van der Waals surface area contributed by atoms with Crippen LogP contribution in [0.4, 0.5) is 0 Å². The van der Waals surface area contributed by atoms with Crippen LogP contribution in [0.3, 0.4) is 0 Å². The summed E-state index contributed by atoms with van der Waals surface area (Å²) in [5.41, 5.74) is 1.89. The molecule has 0 radical (unpaired) electrons. The van der Waals surface area contributed by atoms with E-state index < -0.39 is 5.97 Å². The number of thiophene rings is 1.